The lowest BCUT2D eigenvalue weighted by atomic mass is 9.71. The zero-order valence-electron chi connectivity index (χ0n) is 21.5. The Morgan fingerprint density at radius 1 is 0.917 bits per heavy atom. The fraction of sp³-hybridized carbons (Fsp3) is 0.419. The lowest BCUT2D eigenvalue weighted by Gasteiger charge is -2.58. The summed E-state index contributed by atoms with van der Waals surface area (Å²) in [5, 5.41) is 11.9. The molecule has 5 rings (SSSR count). The van der Waals surface area contributed by atoms with Crippen molar-refractivity contribution in [2.45, 2.75) is 70.0 Å². The van der Waals surface area contributed by atoms with E-state index in [0.29, 0.717) is 12.5 Å². The Labute approximate surface area is 215 Å². The molecule has 36 heavy (non-hydrogen) atoms. The lowest BCUT2D eigenvalue weighted by Crippen LogP contribution is -2.58. The Kier molecular flexibility index (Phi) is 7.25. The van der Waals surface area contributed by atoms with Crippen molar-refractivity contribution >= 4 is 7.52 Å². The summed E-state index contributed by atoms with van der Waals surface area (Å²) < 4.78 is 24.6. The van der Waals surface area contributed by atoms with Crippen molar-refractivity contribution in [1.29, 1.82) is 0 Å². The van der Waals surface area contributed by atoms with E-state index in [1.54, 1.807) is 0 Å². The molecule has 2 aliphatic rings. The first-order valence-electron chi connectivity index (χ1n) is 13.2. The smallest absolute Gasteiger partial charge is 0.283 e. The second-order valence-corrected chi connectivity index (χ2v) is 13.5. The number of rotatable bonds is 6. The minimum atomic E-state index is -3.60. The summed E-state index contributed by atoms with van der Waals surface area (Å²) in [6.07, 6.45) is 2.06. The van der Waals surface area contributed by atoms with Gasteiger partial charge < -0.3 is 9.63 Å². The van der Waals surface area contributed by atoms with E-state index < -0.39 is 19.3 Å². The molecule has 0 radical (unpaired) electrons. The summed E-state index contributed by atoms with van der Waals surface area (Å²) in [6.45, 7) is 7.24. The van der Waals surface area contributed by atoms with E-state index in [2.05, 4.69) is 37.6 Å². The predicted molar refractivity (Wildman–Crippen MR) is 146 cm³/mol. The molecule has 0 unspecified atom stereocenters. The van der Waals surface area contributed by atoms with E-state index in [1.807, 2.05) is 78.9 Å². The Morgan fingerprint density at radius 3 is 2.08 bits per heavy atom. The standard InChI is InChI=1S/C31H38NO3P/c1-23-19-20-27-28(21-23)35-36(34,32(31(27,2)3)22-24-13-7-4-8-14-24)30(26-17-11-6-12-18-26)29(33)25-15-9-5-10-16-25/h4-18,23,27-30,33H,19-22H2,1-3H3/t23-,27-,28-,29-,30-,36+/m1/s1. The maximum Gasteiger partial charge on any atom is 0.283 e. The van der Waals surface area contributed by atoms with Gasteiger partial charge in [0, 0.05) is 18.0 Å². The second-order valence-electron chi connectivity index (χ2n) is 11.1. The predicted octanol–water partition coefficient (Wildman–Crippen LogP) is 7.77. The van der Waals surface area contributed by atoms with Crippen LogP contribution in [0.3, 0.4) is 0 Å². The zero-order chi connectivity index (χ0) is 25.3. The molecule has 1 saturated carbocycles. The molecule has 0 aromatic heterocycles. The summed E-state index contributed by atoms with van der Waals surface area (Å²) in [6, 6.07) is 29.6. The van der Waals surface area contributed by atoms with Gasteiger partial charge in [0.05, 0.1) is 12.2 Å². The largest absolute Gasteiger partial charge is 0.387 e. The Balaban J connectivity index is 1.67. The van der Waals surface area contributed by atoms with Crippen LogP contribution < -0.4 is 0 Å². The first-order valence-corrected chi connectivity index (χ1v) is 14.8. The summed E-state index contributed by atoms with van der Waals surface area (Å²) in [5.74, 6) is 0.815. The molecule has 4 nitrogen and oxygen atoms in total. The van der Waals surface area contributed by atoms with E-state index in [0.717, 1.165) is 36.0 Å². The van der Waals surface area contributed by atoms with Gasteiger partial charge in [-0.15, -0.1) is 0 Å². The molecule has 190 valence electrons. The summed E-state index contributed by atoms with van der Waals surface area (Å²) in [5.41, 5.74) is 1.62. The highest BCUT2D eigenvalue weighted by molar-refractivity contribution is 7.57. The molecule has 1 saturated heterocycles. The summed E-state index contributed by atoms with van der Waals surface area (Å²) >= 11 is 0. The van der Waals surface area contributed by atoms with E-state index >= 15 is 4.57 Å². The minimum Gasteiger partial charge on any atom is -0.387 e. The SMILES string of the molecule is C[C@@H]1CC[C@@H]2[C@@H](C1)O[P@@](=O)([C@H](c1ccccc1)[C@H](O)c1ccccc1)N(Cc1ccccc1)C2(C)C. The van der Waals surface area contributed by atoms with E-state index in [4.69, 9.17) is 4.52 Å². The van der Waals surface area contributed by atoms with Crippen LogP contribution in [0.25, 0.3) is 0 Å². The Morgan fingerprint density at radius 2 is 1.47 bits per heavy atom. The highest BCUT2D eigenvalue weighted by atomic mass is 31.2. The molecule has 6 atom stereocenters. The summed E-state index contributed by atoms with van der Waals surface area (Å²) in [7, 11) is -3.60. The van der Waals surface area contributed by atoms with Gasteiger partial charge >= 0.3 is 0 Å². The van der Waals surface area contributed by atoms with Crippen LogP contribution in [0, 0.1) is 11.8 Å². The van der Waals surface area contributed by atoms with Gasteiger partial charge in [-0.05, 0) is 49.3 Å². The fourth-order valence-electron chi connectivity index (χ4n) is 6.36. The monoisotopic (exact) mass is 503 g/mol. The molecule has 3 aromatic rings. The lowest BCUT2D eigenvalue weighted by molar-refractivity contribution is -0.0553. The highest BCUT2D eigenvalue weighted by Gasteiger charge is 2.59. The van der Waals surface area contributed by atoms with Gasteiger partial charge in [-0.1, -0.05) is 104 Å². The van der Waals surface area contributed by atoms with Gasteiger partial charge in [0.15, 0.2) is 0 Å². The van der Waals surface area contributed by atoms with Gasteiger partial charge in [-0.2, -0.15) is 0 Å². The fourth-order valence-corrected chi connectivity index (χ4v) is 9.83. The molecule has 1 aliphatic heterocycles. The molecule has 2 fully saturated rings. The van der Waals surface area contributed by atoms with Crippen LogP contribution >= 0.6 is 7.52 Å². The van der Waals surface area contributed by atoms with Crippen molar-refractivity contribution in [2.24, 2.45) is 11.8 Å². The number of nitrogens with zero attached hydrogens (tertiary/aromatic N) is 1. The van der Waals surface area contributed by atoms with Crippen molar-refractivity contribution in [1.82, 2.24) is 4.67 Å². The maximum atomic E-state index is 15.6. The quantitative estimate of drug-likeness (QED) is 0.349. The van der Waals surface area contributed by atoms with Gasteiger partial charge in [-0.25, -0.2) is 4.67 Å². The van der Waals surface area contributed by atoms with Crippen LogP contribution in [0.15, 0.2) is 91.0 Å². The van der Waals surface area contributed by atoms with Crippen molar-refractivity contribution < 1.29 is 14.2 Å². The second kappa shape index (κ2) is 10.3. The van der Waals surface area contributed by atoms with Gasteiger partial charge in [0.2, 0.25) is 0 Å². The number of hydrogen-bond donors (Lipinski definition) is 1. The molecule has 0 bridgehead atoms. The van der Waals surface area contributed by atoms with Crippen LogP contribution in [-0.4, -0.2) is 21.4 Å². The average Bonchev–Trinajstić information content (AvgIpc) is 2.88. The third-order valence-electron chi connectivity index (χ3n) is 8.36. The van der Waals surface area contributed by atoms with Crippen molar-refractivity contribution in [3.8, 4) is 0 Å². The zero-order valence-corrected chi connectivity index (χ0v) is 22.4. The van der Waals surface area contributed by atoms with Crippen molar-refractivity contribution in [2.75, 3.05) is 0 Å². The van der Waals surface area contributed by atoms with Crippen molar-refractivity contribution in [3.05, 3.63) is 108 Å². The minimum absolute atomic E-state index is 0.0872. The summed E-state index contributed by atoms with van der Waals surface area (Å²) in [4.78, 5) is 0. The Bertz CT molecular complexity index is 1180. The van der Waals surface area contributed by atoms with Crippen LogP contribution in [0.4, 0.5) is 0 Å². The topological polar surface area (TPSA) is 49.8 Å². The van der Waals surface area contributed by atoms with Crippen LogP contribution in [0.1, 0.15) is 68.5 Å². The first-order chi connectivity index (χ1) is 17.3. The normalized spacial score (nSPS) is 29.7. The van der Waals surface area contributed by atoms with E-state index in [-0.39, 0.29) is 17.6 Å². The number of benzene rings is 3. The average molecular weight is 504 g/mol. The molecule has 1 heterocycles. The van der Waals surface area contributed by atoms with Crippen LogP contribution in [0.5, 0.6) is 0 Å². The van der Waals surface area contributed by atoms with E-state index in [9.17, 15) is 5.11 Å². The first kappa shape index (κ1) is 25.4. The van der Waals surface area contributed by atoms with Gasteiger partial charge in [0.1, 0.15) is 5.66 Å². The molecular formula is C31H38NO3P. The molecule has 1 aliphatic carbocycles. The molecule has 1 N–H and O–H groups in total. The van der Waals surface area contributed by atoms with Gasteiger partial charge in [0.25, 0.3) is 7.52 Å². The third-order valence-corrected chi connectivity index (χ3v) is 11.5. The molecular weight excluding hydrogens is 465 g/mol. The van der Waals surface area contributed by atoms with Crippen molar-refractivity contribution in [3.63, 3.8) is 0 Å². The Hall–Kier alpha value is -2.23. The van der Waals surface area contributed by atoms with Crippen LogP contribution in [-0.2, 0) is 15.6 Å². The third kappa shape index (κ3) is 4.73. The number of aliphatic hydroxyl groups excluding tert-OH is 1. The number of aliphatic hydroxyl groups is 1. The maximum absolute atomic E-state index is 15.6. The molecule has 0 amide bonds. The van der Waals surface area contributed by atoms with Gasteiger partial charge in [-0.3, -0.25) is 4.57 Å². The van der Waals surface area contributed by atoms with Crippen LogP contribution in [0.2, 0.25) is 0 Å². The highest BCUT2D eigenvalue weighted by Crippen LogP contribution is 2.73. The molecule has 3 aromatic carbocycles. The van der Waals surface area contributed by atoms with E-state index in [1.165, 1.54) is 0 Å². The number of fused-ring (bicyclic) bond motifs is 1. The number of hydrogen-bond acceptors (Lipinski definition) is 3. The molecule has 0 spiro atoms. The molecule has 5 heteroatoms.